The molecule has 2 aromatic rings. The van der Waals surface area contributed by atoms with Gasteiger partial charge in [-0.1, -0.05) is 68.5 Å². The van der Waals surface area contributed by atoms with E-state index in [2.05, 4.69) is 83.2 Å². The molecule has 0 amide bonds. The lowest BCUT2D eigenvalue weighted by Gasteiger charge is -2.40. The Morgan fingerprint density at radius 1 is 0.958 bits per heavy atom. The van der Waals surface area contributed by atoms with Crippen LogP contribution in [0.5, 0.6) is 0 Å². The molecule has 0 unspecified atom stereocenters. The molecule has 0 heterocycles. The van der Waals surface area contributed by atoms with Crippen LogP contribution in [0.4, 0.5) is 0 Å². The van der Waals surface area contributed by atoms with Crippen LogP contribution >= 0.6 is 0 Å². The van der Waals surface area contributed by atoms with E-state index in [4.69, 9.17) is 0 Å². The largest absolute Gasteiger partial charge is 0.299 e. The third-order valence-corrected chi connectivity index (χ3v) is 5.36. The number of benzene rings is 2. The van der Waals surface area contributed by atoms with Crippen LogP contribution in [0.25, 0.3) is 11.6 Å². The Hall–Kier alpha value is -2.15. The predicted octanol–water partition coefficient (Wildman–Crippen LogP) is 5.78. The van der Waals surface area contributed by atoms with Crippen molar-refractivity contribution in [2.45, 2.75) is 51.9 Å². The van der Waals surface area contributed by atoms with Crippen molar-refractivity contribution < 1.29 is 4.79 Å². The predicted molar refractivity (Wildman–Crippen MR) is 102 cm³/mol. The third kappa shape index (κ3) is 2.84. The van der Waals surface area contributed by atoms with Crippen molar-refractivity contribution in [1.82, 2.24) is 0 Å². The Morgan fingerprint density at radius 3 is 2.29 bits per heavy atom. The fourth-order valence-corrected chi connectivity index (χ4v) is 3.64. The van der Waals surface area contributed by atoms with Crippen LogP contribution in [0.15, 0.2) is 48.5 Å². The van der Waals surface area contributed by atoms with Crippen LogP contribution in [-0.4, -0.2) is 5.78 Å². The van der Waals surface area contributed by atoms with E-state index in [-0.39, 0.29) is 10.8 Å². The number of fused-ring (bicyclic) bond motifs is 1. The minimum atomic E-state index is -0.388. The molecule has 1 heteroatoms. The van der Waals surface area contributed by atoms with E-state index in [1.54, 1.807) is 0 Å². The maximum absolute atomic E-state index is 12.5. The molecule has 24 heavy (non-hydrogen) atoms. The molecule has 0 aromatic heterocycles. The first-order valence-electron chi connectivity index (χ1n) is 8.64. The van der Waals surface area contributed by atoms with Gasteiger partial charge < -0.3 is 0 Å². The van der Waals surface area contributed by atoms with Crippen molar-refractivity contribution in [1.29, 1.82) is 0 Å². The molecule has 1 aliphatic rings. The Labute approximate surface area is 145 Å². The summed E-state index contributed by atoms with van der Waals surface area (Å²) in [6, 6.07) is 17.0. The van der Waals surface area contributed by atoms with Gasteiger partial charge in [-0.3, -0.25) is 4.79 Å². The molecule has 0 atom stereocenters. The molecule has 3 rings (SSSR count). The van der Waals surface area contributed by atoms with Crippen LogP contribution in [-0.2, 0) is 15.6 Å². The van der Waals surface area contributed by atoms with Gasteiger partial charge >= 0.3 is 0 Å². The van der Waals surface area contributed by atoms with Gasteiger partial charge in [0, 0.05) is 11.8 Å². The fraction of sp³-hybridized carbons (Fsp3) is 0.348. The summed E-state index contributed by atoms with van der Waals surface area (Å²) >= 11 is 0. The zero-order valence-electron chi connectivity index (χ0n) is 15.3. The Morgan fingerprint density at radius 2 is 1.62 bits per heavy atom. The second-order valence-corrected chi connectivity index (χ2v) is 8.11. The van der Waals surface area contributed by atoms with E-state index in [1.165, 1.54) is 27.8 Å². The minimum absolute atomic E-state index is 0.106. The molecule has 1 nitrogen and oxygen atoms in total. The zero-order valence-corrected chi connectivity index (χ0v) is 15.3. The van der Waals surface area contributed by atoms with Crippen molar-refractivity contribution in [3.05, 3.63) is 70.8 Å². The fourth-order valence-electron chi connectivity index (χ4n) is 3.64. The normalized spacial score (nSPS) is 19.0. The zero-order chi connectivity index (χ0) is 17.5. The summed E-state index contributed by atoms with van der Waals surface area (Å²) in [6.07, 6.45) is 2.83. The first-order chi connectivity index (χ1) is 11.2. The molecule has 0 bridgehead atoms. The van der Waals surface area contributed by atoms with Crippen molar-refractivity contribution in [3.8, 4) is 0 Å². The maximum atomic E-state index is 12.5. The second-order valence-electron chi connectivity index (χ2n) is 8.11. The molecule has 0 fully saturated rings. The quantitative estimate of drug-likeness (QED) is 0.642. The summed E-state index contributed by atoms with van der Waals surface area (Å²) < 4.78 is 0. The summed E-state index contributed by atoms with van der Waals surface area (Å²) in [5, 5.41) is 0. The van der Waals surface area contributed by atoms with Crippen molar-refractivity contribution >= 4 is 17.4 Å². The Kier molecular flexibility index (Phi) is 3.99. The number of carbonyl (C=O) groups excluding carboxylic acids is 1. The summed E-state index contributed by atoms with van der Waals surface area (Å²) in [5.41, 5.74) is 5.68. The Bertz CT molecular complexity index is 807. The molecule has 0 saturated carbocycles. The van der Waals surface area contributed by atoms with Gasteiger partial charge in [-0.2, -0.15) is 0 Å². The topological polar surface area (TPSA) is 17.1 Å². The molecule has 0 spiro atoms. The average Bonchev–Trinajstić information content (AvgIpc) is 2.53. The number of rotatable bonds is 2. The van der Waals surface area contributed by atoms with Crippen molar-refractivity contribution in [3.63, 3.8) is 0 Å². The smallest absolute Gasteiger partial charge is 0.143 e. The van der Waals surface area contributed by atoms with Gasteiger partial charge in [-0.05, 0) is 54.0 Å². The van der Waals surface area contributed by atoms with E-state index < -0.39 is 0 Å². The summed E-state index contributed by atoms with van der Waals surface area (Å²) in [5.74, 6) is 0.337. The highest BCUT2D eigenvalue weighted by Crippen LogP contribution is 2.44. The summed E-state index contributed by atoms with van der Waals surface area (Å²) in [6.45, 7) is 10.6. The Balaban J connectivity index is 2.08. The van der Waals surface area contributed by atoms with Gasteiger partial charge in [0.05, 0.1) is 0 Å². The van der Waals surface area contributed by atoms with Crippen LogP contribution in [0, 0.1) is 0 Å². The molecular formula is C23H26O. The van der Waals surface area contributed by atoms with Gasteiger partial charge in [-0.15, -0.1) is 0 Å². The van der Waals surface area contributed by atoms with Gasteiger partial charge in [-0.25, -0.2) is 0 Å². The molecule has 124 valence electrons. The molecule has 0 radical (unpaired) electrons. The highest BCUT2D eigenvalue weighted by molar-refractivity contribution is 5.93. The molecular weight excluding hydrogens is 292 g/mol. The molecule has 1 aliphatic carbocycles. The SMILES string of the molecule is C/C(=C\c1ccccc1)c1ccc2c(c1)C(C)(C)CC(=O)C2(C)C. The standard InChI is InChI=1S/C23H26O/c1-16(13-17-9-7-6-8-10-17)18-11-12-19-20(14-18)22(2,3)15-21(24)23(19,4)5/h6-14H,15H2,1-5H3/b16-13+. The van der Waals surface area contributed by atoms with Gasteiger partial charge in [0.1, 0.15) is 5.78 Å². The number of hydrogen-bond donors (Lipinski definition) is 0. The molecule has 2 aromatic carbocycles. The van der Waals surface area contributed by atoms with Crippen LogP contribution in [0.3, 0.4) is 0 Å². The van der Waals surface area contributed by atoms with Gasteiger partial charge in [0.25, 0.3) is 0 Å². The van der Waals surface area contributed by atoms with Crippen LogP contribution < -0.4 is 0 Å². The third-order valence-electron chi connectivity index (χ3n) is 5.36. The minimum Gasteiger partial charge on any atom is -0.299 e. The van der Waals surface area contributed by atoms with E-state index in [9.17, 15) is 4.79 Å². The number of Topliss-reactive ketones (excluding diaryl/α,β-unsaturated/α-hetero) is 1. The first-order valence-corrected chi connectivity index (χ1v) is 8.64. The van der Waals surface area contributed by atoms with Gasteiger partial charge in [0.2, 0.25) is 0 Å². The summed E-state index contributed by atoms with van der Waals surface area (Å²) in [4.78, 5) is 12.5. The number of hydrogen-bond acceptors (Lipinski definition) is 1. The monoisotopic (exact) mass is 318 g/mol. The molecule has 0 N–H and O–H groups in total. The second kappa shape index (κ2) is 5.73. The lowest BCUT2D eigenvalue weighted by Crippen LogP contribution is -2.42. The van der Waals surface area contributed by atoms with Crippen LogP contribution in [0.1, 0.15) is 63.3 Å². The van der Waals surface area contributed by atoms with Crippen LogP contribution in [0.2, 0.25) is 0 Å². The number of allylic oxidation sites excluding steroid dienone is 1. The molecule has 0 saturated heterocycles. The lowest BCUT2D eigenvalue weighted by molar-refractivity contribution is -0.125. The first kappa shape index (κ1) is 16.7. The van der Waals surface area contributed by atoms with E-state index in [0.29, 0.717) is 12.2 Å². The van der Waals surface area contributed by atoms with E-state index in [1.807, 2.05) is 6.07 Å². The van der Waals surface area contributed by atoms with Crippen molar-refractivity contribution in [2.24, 2.45) is 0 Å². The van der Waals surface area contributed by atoms with Gasteiger partial charge in [0.15, 0.2) is 0 Å². The summed E-state index contributed by atoms with van der Waals surface area (Å²) in [7, 11) is 0. The molecule has 0 aliphatic heterocycles. The highest BCUT2D eigenvalue weighted by atomic mass is 16.1. The number of ketones is 1. The van der Waals surface area contributed by atoms with E-state index in [0.717, 1.165) is 0 Å². The lowest BCUT2D eigenvalue weighted by atomic mass is 9.62. The number of carbonyl (C=O) groups is 1. The van der Waals surface area contributed by atoms with Crippen molar-refractivity contribution in [2.75, 3.05) is 0 Å². The highest BCUT2D eigenvalue weighted by Gasteiger charge is 2.43. The maximum Gasteiger partial charge on any atom is 0.143 e. The van der Waals surface area contributed by atoms with E-state index >= 15 is 0 Å². The average molecular weight is 318 g/mol.